The van der Waals surface area contributed by atoms with Gasteiger partial charge in [0.05, 0.1) is 12.2 Å². The van der Waals surface area contributed by atoms with Crippen LogP contribution in [0.15, 0.2) is 0 Å². The van der Waals surface area contributed by atoms with Crippen LogP contribution in [0.2, 0.25) is 0 Å². The van der Waals surface area contributed by atoms with E-state index in [4.69, 9.17) is 4.74 Å². The Morgan fingerprint density at radius 1 is 1.42 bits per heavy atom. The number of hydrogen-bond donors (Lipinski definition) is 1. The highest BCUT2D eigenvalue weighted by Gasteiger charge is 2.48. The van der Waals surface area contributed by atoms with Gasteiger partial charge in [-0.1, -0.05) is 13.8 Å². The van der Waals surface area contributed by atoms with Crippen molar-refractivity contribution in [1.82, 2.24) is 5.32 Å². The first-order valence-corrected chi connectivity index (χ1v) is 4.81. The van der Waals surface area contributed by atoms with Crippen LogP contribution in [-0.2, 0) is 4.74 Å². The molecule has 0 bridgehead atoms. The molecule has 1 N–H and O–H groups in total. The summed E-state index contributed by atoms with van der Waals surface area (Å²) < 4.78 is 5.79. The molecule has 2 unspecified atom stereocenters. The molecule has 1 rings (SSSR count). The first kappa shape index (κ1) is 10.0. The number of hydrogen-bond acceptors (Lipinski definition) is 2. The molecule has 2 heteroatoms. The second-order valence-electron chi connectivity index (χ2n) is 4.57. The first-order chi connectivity index (χ1) is 5.48. The molecule has 2 nitrogen and oxygen atoms in total. The zero-order valence-electron chi connectivity index (χ0n) is 8.85. The summed E-state index contributed by atoms with van der Waals surface area (Å²) in [6.45, 7) is 8.74. The fraction of sp³-hybridized carbons (Fsp3) is 1.00. The summed E-state index contributed by atoms with van der Waals surface area (Å²) in [5.41, 5.74) is 0.305. The minimum absolute atomic E-state index is 0.305. The van der Waals surface area contributed by atoms with Crippen molar-refractivity contribution in [3.63, 3.8) is 0 Å². The number of ether oxygens (including phenoxy) is 1. The van der Waals surface area contributed by atoms with Crippen LogP contribution in [0, 0.1) is 5.41 Å². The Bertz CT molecular complexity index is 154. The normalized spacial score (nSPS) is 33.5. The molecular formula is C10H21NO. The predicted octanol–water partition coefficient (Wildman–Crippen LogP) is 1.80. The highest BCUT2D eigenvalue weighted by molar-refractivity contribution is 5.02. The van der Waals surface area contributed by atoms with Gasteiger partial charge in [0, 0.05) is 11.5 Å². The Morgan fingerprint density at radius 2 is 2.00 bits per heavy atom. The summed E-state index contributed by atoms with van der Waals surface area (Å²) in [7, 11) is 2.03. The van der Waals surface area contributed by atoms with Crippen LogP contribution in [0.3, 0.4) is 0 Å². The van der Waals surface area contributed by atoms with Crippen LogP contribution in [0.1, 0.15) is 34.1 Å². The maximum Gasteiger partial charge on any atom is 0.0659 e. The smallest absolute Gasteiger partial charge is 0.0659 e. The third-order valence-corrected chi connectivity index (χ3v) is 2.96. The first-order valence-electron chi connectivity index (χ1n) is 4.81. The van der Waals surface area contributed by atoms with Gasteiger partial charge in [0.15, 0.2) is 0 Å². The van der Waals surface area contributed by atoms with Crippen molar-refractivity contribution in [2.45, 2.75) is 52.4 Å². The van der Waals surface area contributed by atoms with Crippen LogP contribution in [0.5, 0.6) is 0 Å². The Balaban J connectivity index is 2.42. The number of rotatable bonds is 3. The molecule has 72 valence electrons. The Labute approximate surface area is 75.7 Å². The molecule has 0 aliphatic heterocycles. The van der Waals surface area contributed by atoms with Crippen molar-refractivity contribution < 1.29 is 4.74 Å². The summed E-state index contributed by atoms with van der Waals surface area (Å²) in [5.74, 6) is 0. The van der Waals surface area contributed by atoms with Crippen LogP contribution >= 0.6 is 0 Å². The Hall–Kier alpha value is -0.0800. The summed E-state index contributed by atoms with van der Waals surface area (Å²) >= 11 is 0. The van der Waals surface area contributed by atoms with Gasteiger partial charge in [0.25, 0.3) is 0 Å². The van der Waals surface area contributed by atoms with Crippen LogP contribution in [0.4, 0.5) is 0 Å². The fourth-order valence-corrected chi connectivity index (χ4v) is 1.93. The van der Waals surface area contributed by atoms with Gasteiger partial charge in [-0.15, -0.1) is 0 Å². The Morgan fingerprint density at radius 3 is 2.33 bits per heavy atom. The SMILES string of the molecule is CNC1CC(OC(C)C)C1(C)C. The van der Waals surface area contributed by atoms with Crippen molar-refractivity contribution in [2.75, 3.05) is 7.05 Å². The zero-order chi connectivity index (χ0) is 9.35. The van der Waals surface area contributed by atoms with E-state index in [2.05, 4.69) is 33.0 Å². The van der Waals surface area contributed by atoms with Gasteiger partial charge >= 0.3 is 0 Å². The maximum atomic E-state index is 5.79. The predicted molar refractivity (Wildman–Crippen MR) is 51.3 cm³/mol. The molecule has 0 heterocycles. The lowest BCUT2D eigenvalue weighted by molar-refractivity contribution is -0.137. The standard InChI is InChI=1S/C10H21NO/c1-7(2)12-9-6-8(11-5)10(9,3)4/h7-9,11H,6H2,1-5H3. The fourth-order valence-electron chi connectivity index (χ4n) is 1.93. The van der Waals surface area contributed by atoms with E-state index in [1.165, 1.54) is 0 Å². The van der Waals surface area contributed by atoms with E-state index in [1.54, 1.807) is 0 Å². The summed E-state index contributed by atoms with van der Waals surface area (Å²) in [4.78, 5) is 0. The minimum atomic E-state index is 0.305. The summed E-state index contributed by atoms with van der Waals surface area (Å²) in [6.07, 6.45) is 1.95. The minimum Gasteiger partial charge on any atom is -0.375 e. The highest BCUT2D eigenvalue weighted by Crippen LogP contribution is 2.42. The molecule has 1 aliphatic carbocycles. The quantitative estimate of drug-likeness (QED) is 0.699. The van der Waals surface area contributed by atoms with E-state index >= 15 is 0 Å². The molecule has 1 aliphatic rings. The van der Waals surface area contributed by atoms with Crippen molar-refractivity contribution in [2.24, 2.45) is 5.41 Å². The van der Waals surface area contributed by atoms with Crippen molar-refractivity contribution in [3.8, 4) is 0 Å². The lowest BCUT2D eigenvalue weighted by Gasteiger charge is -2.52. The molecule has 0 aromatic carbocycles. The van der Waals surface area contributed by atoms with E-state index in [0.717, 1.165) is 6.42 Å². The van der Waals surface area contributed by atoms with E-state index in [-0.39, 0.29) is 0 Å². The van der Waals surface area contributed by atoms with Crippen molar-refractivity contribution in [1.29, 1.82) is 0 Å². The van der Waals surface area contributed by atoms with E-state index < -0.39 is 0 Å². The van der Waals surface area contributed by atoms with Crippen LogP contribution < -0.4 is 5.32 Å². The molecule has 12 heavy (non-hydrogen) atoms. The second-order valence-corrected chi connectivity index (χ2v) is 4.57. The second kappa shape index (κ2) is 3.35. The van der Waals surface area contributed by atoms with Gasteiger partial charge in [-0.25, -0.2) is 0 Å². The summed E-state index contributed by atoms with van der Waals surface area (Å²) in [6, 6.07) is 0.626. The molecule has 1 saturated carbocycles. The molecule has 0 spiro atoms. The molecule has 0 aromatic rings. The maximum absolute atomic E-state index is 5.79. The van der Waals surface area contributed by atoms with Crippen molar-refractivity contribution >= 4 is 0 Å². The van der Waals surface area contributed by atoms with Gasteiger partial charge < -0.3 is 10.1 Å². The molecule has 2 atom stereocenters. The molecule has 0 amide bonds. The molecule has 1 fully saturated rings. The van der Waals surface area contributed by atoms with E-state index in [9.17, 15) is 0 Å². The van der Waals surface area contributed by atoms with Crippen LogP contribution in [0.25, 0.3) is 0 Å². The lowest BCUT2D eigenvalue weighted by Crippen LogP contribution is -2.60. The molecular weight excluding hydrogens is 150 g/mol. The average molecular weight is 171 g/mol. The third kappa shape index (κ3) is 1.64. The molecule has 0 radical (unpaired) electrons. The van der Waals surface area contributed by atoms with Gasteiger partial charge in [-0.05, 0) is 27.3 Å². The van der Waals surface area contributed by atoms with Crippen LogP contribution in [-0.4, -0.2) is 25.3 Å². The van der Waals surface area contributed by atoms with Crippen molar-refractivity contribution in [3.05, 3.63) is 0 Å². The molecule has 0 saturated heterocycles. The monoisotopic (exact) mass is 171 g/mol. The molecule has 0 aromatic heterocycles. The van der Waals surface area contributed by atoms with E-state index in [0.29, 0.717) is 23.7 Å². The lowest BCUT2D eigenvalue weighted by atomic mass is 9.64. The number of nitrogens with one attached hydrogen (secondary N) is 1. The summed E-state index contributed by atoms with van der Waals surface area (Å²) in [5, 5.41) is 3.31. The average Bonchev–Trinajstić information content (AvgIpc) is 1.96. The third-order valence-electron chi connectivity index (χ3n) is 2.96. The van der Waals surface area contributed by atoms with Gasteiger partial charge in [-0.3, -0.25) is 0 Å². The Kier molecular flexibility index (Phi) is 2.79. The highest BCUT2D eigenvalue weighted by atomic mass is 16.5. The zero-order valence-corrected chi connectivity index (χ0v) is 8.85. The van der Waals surface area contributed by atoms with Gasteiger partial charge in [0.2, 0.25) is 0 Å². The largest absolute Gasteiger partial charge is 0.375 e. The van der Waals surface area contributed by atoms with Gasteiger partial charge in [-0.2, -0.15) is 0 Å². The van der Waals surface area contributed by atoms with E-state index in [1.807, 2.05) is 7.05 Å². The topological polar surface area (TPSA) is 21.3 Å². The van der Waals surface area contributed by atoms with Gasteiger partial charge in [0.1, 0.15) is 0 Å².